The van der Waals surface area contributed by atoms with Crippen LogP contribution in [0.4, 0.5) is 0 Å². The van der Waals surface area contributed by atoms with Crippen molar-refractivity contribution < 1.29 is 9.53 Å². The van der Waals surface area contributed by atoms with Gasteiger partial charge in [0.2, 0.25) is 5.78 Å². The minimum absolute atomic E-state index is 0.00784. The van der Waals surface area contributed by atoms with Crippen molar-refractivity contribution in [2.75, 3.05) is 6.61 Å². The first kappa shape index (κ1) is 13.0. The van der Waals surface area contributed by atoms with Gasteiger partial charge in [0.1, 0.15) is 5.75 Å². The molecule has 0 N–H and O–H groups in total. The van der Waals surface area contributed by atoms with Crippen LogP contribution in [-0.4, -0.2) is 12.4 Å². The SMILES string of the molecule is O=C(COc1ccccc1I)c1sccc1Br. The molecule has 2 aromatic rings. The number of ether oxygens (including phenoxy) is 1. The molecule has 17 heavy (non-hydrogen) atoms. The highest BCUT2D eigenvalue weighted by Gasteiger charge is 2.12. The van der Waals surface area contributed by atoms with E-state index in [0.29, 0.717) is 4.88 Å². The average molecular weight is 423 g/mol. The normalized spacial score (nSPS) is 10.2. The second kappa shape index (κ2) is 5.97. The Balaban J connectivity index is 2.02. The van der Waals surface area contributed by atoms with Crippen molar-refractivity contribution >= 4 is 55.6 Å². The Kier molecular flexibility index (Phi) is 4.58. The van der Waals surface area contributed by atoms with Gasteiger partial charge in [-0.1, -0.05) is 12.1 Å². The average Bonchev–Trinajstić information content (AvgIpc) is 2.74. The van der Waals surface area contributed by atoms with E-state index in [0.717, 1.165) is 13.8 Å². The fraction of sp³-hybridized carbons (Fsp3) is 0.0833. The number of para-hydroxylation sites is 1. The molecule has 2 nitrogen and oxygen atoms in total. The molecule has 0 spiro atoms. The standard InChI is InChI=1S/C12H8BrIO2S/c13-8-5-6-17-12(8)10(15)7-16-11-4-2-1-3-9(11)14/h1-6H,7H2. The lowest BCUT2D eigenvalue weighted by Gasteiger charge is -2.06. The third-order valence-electron chi connectivity index (χ3n) is 2.07. The van der Waals surface area contributed by atoms with Crippen molar-refractivity contribution in [1.29, 1.82) is 0 Å². The highest BCUT2D eigenvalue weighted by molar-refractivity contribution is 14.1. The maximum Gasteiger partial charge on any atom is 0.211 e. The summed E-state index contributed by atoms with van der Waals surface area (Å²) in [6, 6.07) is 9.50. The van der Waals surface area contributed by atoms with Crippen LogP contribution in [-0.2, 0) is 0 Å². The van der Waals surface area contributed by atoms with Crippen molar-refractivity contribution in [2.24, 2.45) is 0 Å². The lowest BCUT2D eigenvalue weighted by Crippen LogP contribution is -2.11. The van der Waals surface area contributed by atoms with Gasteiger partial charge in [-0.15, -0.1) is 11.3 Å². The Morgan fingerprint density at radius 3 is 2.76 bits per heavy atom. The molecule has 1 aromatic heterocycles. The molecule has 0 unspecified atom stereocenters. The minimum atomic E-state index is -0.00784. The van der Waals surface area contributed by atoms with Crippen LogP contribution in [0.25, 0.3) is 0 Å². The molecule has 88 valence electrons. The molecule has 1 heterocycles. The number of hydrogen-bond acceptors (Lipinski definition) is 3. The van der Waals surface area contributed by atoms with Crippen molar-refractivity contribution in [2.45, 2.75) is 0 Å². The van der Waals surface area contributed by atoms with Crippen LogP contribution in [0.15, 0.2) is 40.2 Å². The molecular weight excluding hydrogens is 415 g/mol. The Morgan fingerprint density at radius 1 is 1.35 bits per heavy atom. The third-order valence-corrected chi connectivity index (χ3v) is 4.84. The Morgan fingerprint density at radius 2 is 2.12 bits per heavy atom. The number of Topliss-reactive ketones (excluding diaryl/α,β-unsaturated/α-hetero) is 1. The zero-order valence-electron chi connectivity index (χ0n) is 8.65. The zero-order chi connectivity index (χ0) is 12.3. The van der Waals surface area contributed by atoms with E-state index in [4.69, 9.17) is 4.74 Å². The summed E-state index contributed by atoms with van der Waals surface area (Å²) in [5.74, 6) is 0.737. The highest BCUT2D eigenvalue weighted by atomic mass is 127. The molecule has 0 radical (unpaired) electrons. The second-order valence-corrected chi connectivity index (χ2v) is 6.17. The van der Waals surface area contributed by atoms with Crippen molar-refractivity contribution in [3.8, 4) is 5.75 Å². The van der Waals surface area contributed by atoms with Gasteiger partial charge in [0, 0.05) is 4.47 Å². The van der Waals surface area contributed by atoms with Crippen LogP contribution < -0.4 is 4.74 Å². The maximum atomic E-state index is 11.9. The first-order valence-corrected chi connectivity index (χ1v) is 7.57. The van der Waals surface area contributed by atoms with Crippen LogP contribution in [0.1, 0.15) is 9.67 Å². The van der Waals surface area contributed by atoms with Gasteiger partial charge in [-0.3, -0.25) is 4.79 Å². The fourth-order valence-electron chi connectivity index (χ4n) is 1.26. The van der Waals surface area contributed by atoms with E-state index in [-0.39, 0.29) is 12.4 Å². The monoisotopic (exact) mass is 422 g/mol. The summed E-state index contributed by atoms with van der Waals surface area (Å²) >= 11 is 6.94. The summed E-state index contributed by atoms with van der Waals surface area (Å²) < 4.78 is 7.34. The predicted octanol–water partition coefficient (Wildman–Crippen LogP) is 4.38. The Hall–Kier alpha value is -0.400. The van der Waals surface area contributed by atoms with Gasteiger partial charge in [0.05, 0.1) is 8.45 Å². The van der Waals surface area contributed by atoms with Gasteiger partial charge >= 0.3 is 0 Å². The summed E-state index contributed by atoms with van der Waals surface area (Å²) in [6.07, 6.45) is 0. The van der Waals surface area contributed by atoms with Gasteiger partial charge in [0.15, 0.2) is 6.61 Å². The number of rotatable bonds is 4. The molecule has 0 aliphatic rings. The molecule has 0 amide bonds. The second-order valence-electron chi connectivity index (χ2n) is 3.24. The predicted molar refractivity (Wildman–Crippen MR) is 81.0 cm³/mol. The van der Waals surface area contributed by atoms with Crippen LogP contribution in [0.3, 0.4) is 0 Å². The topological polar surface area (TPSA) is 26.3 Å². The molecule has 0 saturated carbocycles. The minimum Gasteiger partial charge on any atom is -0.484 e. The third kappa shape index (κ3) is 3.29. The Bertz CT molecular complexity index is 539. The van der Waals surface area contributed by atoms with E-state index in [1.54, 1.807) is 0 Å². The van der Waals surface area contributed by atoms with Crippen LogP contribution >= 0.6 is 49.9 Å². The van der Waals surface area contributed by atoms with Gasteiger partial charge in [-0.25, -0.2) is 0 Å². The van der Waals surface area contributed by atoms with E-state index < -0.39 is 0 Å². The summed E-state index contributed by atoms with van der Waals surface area (Å²) in [7, 11) is 0. The number of benzene rings is 1. The van der Waals surface area contributed by atoms with Crippen LogP contribution in [0, 0.1) is 3.57 Å². The number of hydrogen-bond donors (Lipinski definition) is 0. The van der Waals surface area contributed by atoms with Gasteiger partial charge in [-0.2, -0.15) is 0 Å². The van der Waals surface area contributed by atoms with Gasteiger partial charge < -0.3 is 4.74 Å². The summed E-state index contributed by atoms with van der Waals surface area (Å²) in [4.78, 5) is 12.6. The van der Waals surface area contributed by atoms with Crippen molar-refractivity contribution in [1.82, 2.24) is 0 Å². The van der Waals surface area contributed by atoms with Crippen molar-refractivity contribution in [3.05, 3.63) is 48.6 Å². The van der Waals surface area contributed by atoms with Gasteiger partial charge in [0.25, 0.3) is 0 Å². The molecule has 5 heteroatoms. The molecule has 0 aliphatic carbocycles. The number of carbonyl (C=O) groups is 1. The molecule has 0 bridgehead atoms. The summed E-state index contributed by atoms with van der Waals surface area (Å²) in [5, 5.41) is 1.88. The summed E-state index contributed by atoms with van der Waals surface area (Å²) in [6.45, 7) is 0.0686. The maximum absolute atomic E-state index is 11.9. The largest absolute Gasteiger partial charge is 0.484 e. The molecule has 1 aromatic carbocycles. The first-order valence-electron chi connectivity index (χ1n) is 4.82. The molecule has 0 fully saturated rings. The Labute approximate surface area is 125 Å². The number of thiophene rings is 1. The number of carbonyl (C=O) groups excluding carboxylic acids is 1. The molecular formula is C12H8BrIO2S. The zero-order valence-corrected chi connectivity index (χ0v) is 13.2. The van der Waals surface area contributed by atoms with Crippen LogP contribution in [0.5, 0.6) is 5.75 Å². The van der Waals surface area contributed by atoms with E-state index in [2.05, 4.69) is 38.5 Å². The highest BCUT2D eigenvalue weighted by Crippen LogP contribution is 2.24. The summed E-state index contributed by atoms with van der Waals surface area (Å²) in [5.41, 5.74) is 0. The molecule has 0 atom stereocenters. The molecule has 2 rings (SSSR count). The van der Waals surface area contributed by atoms with E-state index in [9.17, 15) is 4.79 Å². The van der Waals surface area contributed by atoms with E-state index in [1.165, 1.54) is 11.3 Å². The lowest BCUT2D eigenvalue weighted by molar-refractivity contribution is 0.0924. The van der Waals surface area contributed by atoms with E-state index in [1.807, 2.05) is 35.7 Å². The van der Waals surface area contributed by atoms with Crippen molar-refractivity contribution in [3.63, 3.8) is 0 Å². The molecule has 0 saturated heterocycles. The van der Waals surface area contributed by atoms with Gasteiger partial charge in [-0.05, 0) is 62.1 Å². The first-order chi connectivity index (χ1) is 8.18. The smallest absolute Gasteiger partial charge is 0.211 e. The lowest BCUT2D eigenvalue weighted by atomic mass is 10.3. The number of ketones is 1. The number of halogens is 2. The molecule has 0 aliphatic heterocycles. The van der Waals surface area contributed by atoms with E-state index >= 15 is 0 Å². The fourth-order valence-corrected chi connectivity index (χ4v) is 3.33. The van der Waals surface area contributed by atoms with Crippen LogP contribution in [0.2, 0.25) is 0 Å². The quantitative estimate of drug-likeness (QED) is 0.540.